The first kappa shape index (κ1) is 21.8. The molecule has 0 unspecified atom stereocenters. The molecule has 164 valence electrons. The third-order valence-electron chi connectivity index (χ3n) is 4.97. The number of thioether (sulfide) groups is 1. The van der Waals surface area contributed by atoms with E-state index in [2.05, 4.69) is 5.32 Å². The van der Waals surface area contributed by atoms with Crippen molar-refractivity contribution in [2.45, 2.75) is 17.8 Å². The SMILES string of the molecule is O=C(Cc1ccccc1)N[C@@H]1C(=O)N2C(C(=O)O)=C(/C=C/c3ccc([N+](=O)[O-])s3)CS[C@H]12. The van der Waals surface area contributed by atoms with Crippen LogP contribution in [-0.2, 0) is 20.8 Å². The predicted octanol–water partition coefficient (Wildman–Crippen LogP) is 2.65. The van der Waals surface area contributed by atoms with Crippen molar-refractivity contribution < 1.29 is 24.4 Å². The topological polar surface area (TPSA) is 130 Å². The standard InChI is InChI=1S/C21H17N3O6S2/c25-15(10-12-4-2-1-3-5-12)22-17-19(26)23-18(21(27)28)13(11-31-20(17)23)6-7-14-8-9-16(32-14)24(29)30/h1-9,17,20H,10-11H2,(H,22,25)(H,27,28)/b7-6+/t17-,20-/m1/s1. The molecule has 2 aromatic rings. The van der Waals surface area contributed by atoms with Crippen LogP contribution in [0.4, 0.5) is 5.00 Å². The lowest BCUT2D eigenvalue weighted by Gasteiger charge is -2.49. The van der Waals surface area contributed by atoms with Gasteiger partial charge in [0.2, 0.25) is 5.91 Å². The quantitative estimate of drug-likeness (QED) is 0.361. The molecule has 2 atom stereocenters. The fourth-order valence-corrected chi connectivity index (χ4v) is 5.53. The Morgan fingerprint density at radius 3 is 2.62 bits per heavy atom. The minimum Gasteiger partial charge on any atom is -0.477 e. The maximum absolute atomic E-state index is 12.7. The van der Waals surface area contributed by atoms with Crippen molar-refractivity contribution in [2.24, 2.45) is 0 Å². The molecular formula is C21H17N3O6S2. The molecule has 2 aliphatic rings. The van der Waals surface area contributed by atoms with Crippen molar-refractivity contribution in [3.63, 3.8) is 0 Å². The average Bonchev–Trinajstić information content (AvgIpc) is 3.25. The Morgan fingerprint density at radius 2 is 1.97 bits per heavy atom. The van der Waals surface area contributed by atoms with E-state index in [0.29, 0.717) is 16.2 Å². The van der Waals surface area contributed by atoms with E-state index < -0.39 is 28.2 Å². The van der Waals surface area contributed by atoms with Crippen molar-refractivity contribution in [3.05, 3.63) is 80.4 Å². The van der Waals surface area contributed by atoms with E-state index in [1.54, 1.807) is 18.2 Å². The molecule has 11 heteroatoms. The number of hydrogen-bond donors (Lipinski definition) is 2. The third-order valence-corrected chi connectivity index (χ3v) is 7.27. The molecule has 1 saturated heterocycles. The van der Waals surface area contributed by atoms with E-state index >= 15 is 0 Å². The number of carboxylic acids is 1. The highest BCUT2D eigenvalue weighted by molar-refractivity contribution is 8.00. The van der Waals surface area contributed by atoms with Crippen LogP contribution in [0.5, 0.6) is 0 Å². The molecule has 0 radical (unpaired) electrons. The highest BCUT2D eigenvalue weighted by Gasteiger charge is 2.53. The minimum atomic E-state index is -1.24. The van der Waals surface area contributed by atoms with Gasteiger partial charge in [0.25, 0.3) is 5.91 Å². The summed E-state index contributed by atoms with van der Waals surface area (Å²) in [6.45, 7) is 0. The first-order valence-electron chi connectivity index (χ1n) is 9.52. The average molecular weight is 472 g/mol. The van der Waals surface area contributed by atoms with Crippen LogP contribution in [0.3, 0.4) is 0 Å². The Labute approximate surface area is 190 Å². The van der Waals surface area contributed by atoms with Crippen LogP contribution >= 0.6 is 23.1 Å². The van der Waals surface area contributed by atoms with Crippen LogP contribution in [0.15, 0.2) is 59.8 Å². The van der Waals surface area contributed by atoms with Gasteiger partial charge < -0.3 is 10.4 Å². The lowest BCUT2D eigenvalue weighted by molar-refractivity contribution is -0.380. The fraction of sp³-hybridized carbons (Fsp3) is 0.190. The predicted molar refractivity (Wildman–Crippen MR) is 120 cm³/mol. The molecule has 1 aromatic heterocycles. The third kappa shape index (κ3) is 4.30. The molecule has 0 spiro atoms. The number of amides is 2. The Hall–Kier alpha value is -3.44. The zero-order chi connectivity index (χ0) is 22.8. The van der Waals surface area contributed by atoms with Gasteiger partial charge in [-0.2, -0.15) is 0 Å². The van der Waals surface area contributed by atoms with Crippen LogP contribution in [0.25, 0.3) is 6.08 Å². The molecule has 32 heavy (non-hydrogen) atoms. The van der Waals surface area contributed by atoms with Crippen LogP contribution in [0.2, 0.25) is 0 Å². The molecule has 2 amide bonds. The zero-order valence-electron chi connectivity index (χ0n) is 16.5. The number of benzene rings is 1. The molecule has 2 N–H and O–H groups in total. The highest BCUT2D eigenvalue weighted by Crippen LogP contribution is 2.41. The van der Waals surface area contributed by atoms with Gasteiger partial charge >= 0.3 is 11.0 Å². The summed E-state index contributed by atoms with van der Waals surface area (Å²) in [5, 5.41) is 22.7. The van der Waals surface area contributed by atoms with Crippen LogP contribution in [-0.4, -0.2) is 49.9 Å². The molecule has 9 nitrogen and oxygen atoms in total. The largest absolute Gasteiger partial charge is 0.477 e. The molecule has 0 bridgehead atoms. The van der Waals surface area contributed by atoms with Crippen molar-refractivity contribution in [1.29, 1.82) is 0 Å². The van der Waals surface area contributed by atoms with E-state index in [1.807, 2.05) is 30.3 Å². The van der Waals surface area contributed by atoms with E-state index in [-0.39, 0.29) is 23.0 Å². The van der Waals surface area contributed by atoms with Crippen molar-refractivity contribution in [3.8, 4) is 0 Å². The number of carbonyl (C=O) groups excluding carboxylic acids is 2. The number of nitro groups is 1. The summed E-state index contributed by atoms with van der Waals surface area (Å²) in [6, 6.07) is 11.3. The van der Waals surface area contributed by atoms with Gasteiger partial charge in [0.1, 0.15) is 17.1 Å². The lowest BCUT2D eigenvalue weighted by Crippen LogP contribution is -2.70. The van der Waals surface area contributed by atoms with Crippen LogP contribution in [0.1, 0.15) is 10.4 Å². The first-order chi connectivity index (χ1) is 15.3. The number of rotatable bonds is 7. The van der Waals surface area contributed by atoms with Gasteiger partial charge in [-0.3, -0.25) is 24.6 Å². The van der Waals surface area contributed by atoms with Crippen molar-refractivity contribution >= 4 is 52.0 Å². The molecule has 0 saturated carbocycles. The van der Waals surface area contributed by atoms with E-state index in [1.165, 1.54) is 22.7 Å². The van der Waals surface area contributed by atoms with Gasteiger partial charge in [0.15, 0.2) is 0 Å². The summed E-state index contributed by atoms with van der Waals surface area (Å²) in [5.74, 6) is -1.70. The zero-order valence-corrected chi connectivity index (χ0v) is 18.1. The number of thiophene rings is 1. The molecule has 3 heterocycles. The van der Waals surface area contributed by atoms with Gasteiger partial charge in [-0.25, -0.2) is 4.79 Å². The first-order valence-corrected chi connectivity index (χ1v) is 11.4. The minimum absolute atomic E-state index is 0.0119. The van der Waals surface area contributed by atoms with Crippen LogP contribution in [0, 0.1) is 10.1 Å². The fourth-order valence-electron chi connectivity index (χ4n) is 3.49. The molecule has 2 aliphatic heterocycles. The summed E-state index contributed by atoms with van der Waals surface area (Å²) in [7, 11) is 0. The Balaban J connectivity index is 1.48. The van der Waals surface area contributed by atoms with E-state index in [0.717, 1.165) is 16.9 Å². The summed E-state index contributed by atoms with van der Waals surface area (Å²) in [4.78, 5) is 49.1. The van der Waals surface area contributed by atoms with Gasteiger partial charge in [-0.1, -0.05) is 47.7 Å². The maximum atomic E-state index is 12.7. The summed E-state index contributed by atoms with van der Waals surface area (Å²) >= 11 is 2.33. The smallest absolute Gasteiger partial charge is 0.352 e. The summed E-state index contributed by atoms with van der Waals surface area (Å²) in [6.07, 6.45) is 3.29. The molecule has 1 fully saturated rings. The monoisotopic (exact) mass is 471 g/mol. The highest BCUT2D eigenvalue weighted by atomic mass is 32.2. The second kappa shape index (κ2) is 8.97. The number of carbonyl (C=O) groups is 3. The number of aliphatic carboxylic acids is 1. The number of β-lactam (4-membered cyclic amide) rings is 1. The van der Waals surface area contributed by atoms with Crippen molar-refractivity contribution in [1.82, 2.24) is 10.2 Å². The molecule has 0 aliphatic carbocycles. The number of nitrogens with zero attached hydrogens (tertiary/aromatic N) is 2. The number of allylic oxidation sites excluding steroid dienone is 1. The van der Waals surface area contributed by atoms with Gasteiger partial charge in [0, 0.05) is 16.7 Å². The molecular weight excluding hydrogens is 454 g/mol. The van der Waals surface area contributed by atoms with Gasteiger partial charge in [-0.15, -0.1) is 11.8 Å². The summed E-state index contributed by atoms with van der Waals surface area (Å²) < 4.78 is 0. The maximum Gasteiger partial charge on any atom is 0.352 e. The van der Waals surface area contributed by atoms with Crippen molar-refractivity contribution in [2.75, 3.05) is 5.75 Å². The Kier molecular flexibility index (Phi) is 6.10. The number of carboxylic acid groups (broad SMARTS) is 1. The Morgan fingerprint density at radius 1 is 1.22 bits per heavy atom. The number of hydrogen-bond acceptors (Lipinski definition) is 7. The van der Waals surface area contributed by atoms with Gasteiger partial charge in [-0.05, 0) is 23.3 Å². The molecule has 4 rings (SSSR count). The van der Waals surface area contributed by atoms with Gasteiger partial charge in [0.05, 0.1) is 11.3 Å². The second-order valence-electron chi connectivity index (χ2n) is 7.06. The van der Waals surface area contributed by atoms with Crippen LogP contribution < -0.4 is 5.32 Å². The second-order valence-corrected chi connectivity index (χ2v) is 9.26. The Bertz CT molecular complexity index is 1160. The lowest BCUT2D eigenvalue weighted by atomic mass is 10.0. The van der Waals surface area contributed by atoms with E-state index in [4.69, 9.17) is 0 Å². The number of fused-ring (bicyclic) bond motifs is 1. The normalized spacial score (nSPS) is 20.1. The van der Waals surface area contributed by atoms with E-state index in [9.17, 15) is 29.6 Å². The number of nitrogens with one attached hydrogen (secondary N) is 1. The summed E-state index contributed by atoms with van der Waals surface area (Å²) in [5.41, 5.74) is 1.11. The molecule has 1 aromatic carbocycles.